The van der Waals surface area contributed by atoms with Crippen molar-refractivity contribution < 1.29 is 29.5 Å². The zero-order valence-electron chi connectivity index (χ0n) is 17.4. The summed E-state index contributed by atoms with van der Waals surface area (Å²) in [6, 6.07) is 10.6. The van der Waals surface area contributed by atoms with Gasteiger partial charge in [-0.2, -0.15) is 0 Å². The molecular formula is C23H21ClN2O7. The summed E-state index contributed by atoms with van der Waals surface area (Å²) in [6.07, 6.45) is 1.33. The lowest BCUT2D eigenvalue weighted by Gasteiger charge is -2.25. The fourth-order valence-electron chi connectivity index (χ4n) is 3.76. The van der Waals surface area contributed by atoms with Gasteiger partial charge in [0.25, 0.3) is 17.4 Å². The molecule has 9 nitrogen and oxygen atoms in total. The van der Waals surface area contributed by atoms with Crippen LogP contribution in [0, 0.1) is 10.1 Å². The van der Waals surface area contributed by atoms with Gasteiger partial charge in [-0.05, 0) is 42.7 Å². The molecule has 0 aliphatic carbocycles. The lowest BCUT2D eigenvalue weighted by atomic mass is 9.95. The third-order valence-corrected chi connectivity index (χ3v) is 5.60. The Morgan fingerprint density at radius 2 is 1.76 bits per heavy atom. The molecule has 1 heterocycles. The van der Waals surface area contributed by atoms with E-state index in [1.807, 2.05) is 0 Å². The van der Waals surface area contributed by atoms with Gasteiger partial charge in [0.15, 0.2) is 0 Å². The van der Waals surface area contributed by atoms with Crippen molar-refractivity contribution in [1.82, 2.24) is 4.90 Å². The van der Waals surface area contributed by atoms with Crippen molar-refractivity contribution in [2.75, 3.05) is 6.54 Å². The highest BCUT2D eigenvalue weighted by molar-refractivity contribution is 6.46. The summed E-state index contributed by atoms with van der Waals surface area (Å²) in [5, 5.41) is 31.4. The number of aliphatic hydroxyl groups excluding tert-OH is 1. The zero-order valence-corrected chi connectivity index (χ0v) is 18.2. The summed E-state index contributed by atoms with van der Waals surface area (Å²) in [5.41, 5.74) is 0.193. The van der Waals surface area contributed by atoms with Gasteiger partial charge < -0.3 is 15.1 Å². The Morgan fingerprint density at radius 1 is 1.06 bits per heavy atom. The van der Waals surface area contributed by atoms with Crippen LogP contribution in [0.4, 0.5) is 5.69 Å². The highest BCUT2D eigenvalue weighted by atomic mass is 35.5. The van der Waals surface area contributed by atoms with Crippen LogP contribution in [0.25, 0.3) is 5.76 Å². The van der Waals surface area contributed by atoms with E-state index >= 15 is 0 Å². The average Bonchev–Trinajstić information content (AvgIpc) is 3.03. The fourth-order valence-corrected chi connectivity index (χ4v) is 3.89. The zero-order chi connectivity index (χ0) is 24.1. The number of hydrogen-bond acceptors (Lipinski definition) is 6. The van der Waals surface area contributed by atoms with E-state index in [2.05, 4.69) is 0 Å². The van der Waals surface area contributed by atoms with Gasteiger partial charge >= 0.3 is 5.97 Å². The summed E-state index contributed by atoms with van der Waals surface area (Å²) >= 11 is 5.90. The van der Waals surface area contributed by atoms with Crippen molar-refractivity contribution in [3.05, 3.63) is 80.4 Å². The number of benzene rings is 2. The largest absolute Gasteiger partial charge is 0.507 e. The topological polar surface area (TPSA) is 138 Å². The van der Waals surface area contributed by atoms with E-state index < -0.39 is 34.4 Å². The second-order valence-electron chi connectivity index (χ2n) is 7.56. The van der Waals surface area contributed by atoms with E-state index in [-0.39, 0.29) is 29.8 Å². The van der Waals surface area contributed by atoms with Crippen LogP contribution < -0.4 is 0 Å². The van der Waals surface area contributed by atoms with Crippen molar-refractivity contribution in [3.63, 3.8) is 0 Å². The maximum atomic E-state index is 12.9. The molecule has 0 spiro atoms. The molecule has 1 atom stereocenters. The van der Waals surface area contributed by atoms with Crippen molar-refractivity contribution in [2.24, 2.45) is 0 Å². The van der Waals surface area contributed by atoms with Gasteiger partial charge in [0.1, 0.15) is 5.76 Å². The minimum Gasteiger partial charge on any atom is -0.507 e. The molecule has 3 rings (SSSR count). The number of Topliss-reactive ketones (excluding diaryl/α,β-unsaturated/α-hetero) is 1. The van der Waals surface area contributed by atoms with Gasteiger partial charge in [-0.15, -0.1) is 0 Å². The molecule has 10 heteroatoms. The Balaban J connectivity index is 2.02. The van der Waals surface area contributed by atoms with Crippen LogP contribution in [-0.4, -0.2) is 44.2 Å². The SMILES string of the molecule is O=C(O)CCCCCN1C(=O)C(=O)C(=C(O)c2ccc(Cl)cc2)C1c1cccc([N+](=O)[O-])c1. The molecule has 0 saturated carbocycles. The first-order valence-corrected chi connectivity index (χ1v) is 10.6. The van der Waals surface area contributed by atoms with E-state index in [1.165, 1.54) is 47.4 Å². The standard InChI is InChI=1S/C23H21ClN2O7/c24-16-10-8-14(9-11-16)21(29)19-20(15-5-4-6-17(13-15)26(32)33)25(23(31)22(19)30)12-3-1-2-7-18(27)28/h4-6,8-11,13,20,29H,1-3,7,12H2,(H,27,28). The maximum absolute atomic E-state index is 12.9. The highest BCUT2D eigenvalue weighted by Gasteiger charge is 2.46. The molecule has 0 radical (unpaired) electrons. The van der Waals surface area contributed by atoms with Crippen LogP contribution >= 0.6 is 11.6 Å². The summed E-state index contributed by atoms with van der Waals surface area (Å²) in [4.78, 5) is 48.5. The Labute approximate surface area is 194 Å². The van der Waals surface area contributed by atoms with Crippen LogP contribution in [-0.2, 0) is 14.4 Å². The predicted octanol–water partition coefficient (Wildman–Crippen LogP) is 4.31. The molecule has 1 amide bonds. The number of rotatable bonds is 9. The molecule has 0 bridgehead atoms. The number of carboxylic acid groups (broad SMARTS) is 1. The van der Waals surface area contributed by atoms with Gasteiger partial charge in [0.05, 0.1) is 16.5 Å². The normalized spacial score (nSPS) is 17.4. The van der Waals surface area contributed by atoms with Crippen LogP contribution in [0.2, 0.25) is 5.02 Å². The van der Waals surface area contributed by atoms with Crippen molar-refractivity contribution in [2.45, 2.75) is 31.7 Å². The van der Waals surface area contributed by atoms with E-state index in [9.17, 15) is 29.6 Å². The number of non-ortho nitro benzene ring substituents is 1. The van der Waals surface area contributed by atoms with E-state index in [4.69, 9.17) is 16.7 Å². The molecule has 1 unspecified atom stereocenters. The number of halogens is 1. The monoisotopic (exact) mass is 472 g/mol. The lowest BCUT2D eigenvalue weighted by Crippen LogP contribution is -2.30. The summed E-state index contributed by atoms with van der Waals surface area (Å²) < 4.78 is 0. The number of nitrogens with zero attached hydrogens (tertiary/aromatic N) is 2. The van der Waals surface area contributed by atoms with Crippen molar-refractivity contribution in [3.8, 4) is 0 Å². The highest BCUT2D eigenvalue weighted by Crippen LogP contribution is 2.40. The van der Waals surface area contributed by atoms with Crippen LogP contribution in [0.15, 0.2) is 54.1 Å². The van der Waals surface area contributed by atoms with E-state index in [0.717, 1.165) is 0 Å². The first-order chi connectivity index (χ1) is 15.7. The number of carbonyl (C=O) groups is 3. The summed E-state index contributed by atoms with van der Waals surface area (Å²) in [7, 11) is 0. The number of unbranched alkanes of at least 4 members (excludes halogenated alkanes) is 2. The summed E-state index contributed by atoms with van der Waals surface area (Å²) in [5.74, 6) is -3.06. The molecule has 1 saturated heterocycles. The minimum atomic E-state index is -1.03. The number of aliphatic hydroxyl groups is 1. The maximum Gasteiger partial charge on any atom is 0.303 e. The first-order valence-electron chi connectivity index (χ1n) is 10.2. The van der Waals surface area contributed by atoms with Gasteiger partial charge in [-0.3, -0.25) is 24.5 Å². The van der Waals surface area contributed by atoms with Gasteiger partial charge in [0.2, 0.25) is 0 Å². The number of likely N-dealkylation sites (tertiary alicyclic amines) is 1. The predicted molar refractivity (Wildman–Crippen MR) is 120 cm³/mol. The second kappa shape index (κ2) is 10.3. The van der Waals surface area contributed by atoms with Crippen molar-refractivity contribution in [1.29, 1.82) is 0 Å². The number of nitro groups is 1. The molecule has 1 aliphatic rings. The Bertz CT molecular complexity index is 1130. The molecular weight excluding hydrogens is 452 g/mol. The Morgan fingerprint density at radius 3 is 2.39 bits per heavy atom. The van der Waals surface area contributed by atoms with Gasteiger partial charge in [-0.1, -0.05) is 30.2 Å². The van der Waals surface area contributed by atoms with Crippen LogP contribution in [0.1, 0.15) is 42.9 Å². The molecule has 33 heavy (non-hydrogen) atoms. The number of nitro benzene ring substituents is 1. The number of carboxylic acids is 1. The number of hydrogen-bond donors (Lipinski definition) is 2. The second-order valence-corrected chi connectivity index (χ2v) is 7.99. The molecule has 0 aromatic heterocycles. The molecule has 1 aliphatic heterocycles. The fraction of sp³-hybridized carbons (Fsp3) is 0.261. The smallest absolute Gasteiger partial charge is 0.303 e. The molecule has 1 fully saturated rings. The molecule has 2 N–H and O–H groups in total. The molecule has 2 aromatic rings. The number of carbonyl (C=O) groups excluding carboxylic acids is 2. The van der Waals surface area contributed by atoms with Crippen molar-refractivity contribution >= 4 is 40.7 Å². The Kier molecular flexibility index (Phi) is 7.44. The molecule has 2 aromatic carbocycles. The van der Waals surface area contributed by atoms with Gasteiger partial charge in [-0.25, -0.2) is 0 Å². The average molecular weight is 473 g/mol. The number of ketones is 1. The third-order valence-electron chi connectivity index (χ3n) is 5.34. The van der Waals surface area contributed by atoms with E-state index in [0.29, 0.717) is 29.8 Å². The summed E-state index contributed by atoms with van der Waals surface area (Å²) in [6.45, 7) is 0.120. The quantitative estimate of drug-likeness (QED) is 0.138. The van der Waals surface area contributed by atoms with E-state index in [1.54, 1.807) is 6.07 Å². The van der Waals surface area contributed by atoms with Gasteiger partial charge in [0, 0.05) is 35.7 Å². The third kappa shape index (κ3) is 5.38. The Hall–Kier alpha value is -3.72. The minimum absolute atomic E-state index is 0.0102. The number of aliphatic carboxylic acids is 1. The first kappa shape index (κ1) is 23.9. The van der Waals surface area contributed by atoms with Crippen LogP contribution in [0.3, 0.4) is 0 Å². The molecule has 172 valence electrons. The lowest BCUT2D eigenvalue weighted by molar-refractivity contribution is -0.384. The number of amides is 1. The van der Waals surface area contributed by atoms with Crippen LogP contribution in [0.5, 0.6) is 0 Å².